The molecule has 1 aromatic carbocycles. The van der Waals surface area contributed by atoms with Gasteiger partial charge in [-0.05, 0) is 31.2 Å². The van der Waals surface area contributed by atoms with Gasteiger partial charge in [0.1, 0.15) is 11.4 Å². The highest BCUT2D eigenvalue weighted by Gasteiger charge is 2.54. The van der Waals surface area contributed by atoms with Crippen LogP contribution in [-0.2, 0) is 4.79 Å². The van der Waals surface area contributed by atoms with E-state index < -0.39 is 6.04 Å². The van der Waals surface area contributed by atoms with Crippen LogP contribution in [0.5, 0.6) is 5.75 Å². The average Bonchev–Trinajstić information content (AvgIpc) is 3.09. The maximum atomic E-state index is 13.1. The van der Waals surface area contributed by atoms with E-state index in [-0.39, 0.29) is 18.5 Å². The third kappa shape index (κ3) is 2.76. The average molecular weight is 382 g/mol. The summed E-state index contributed by atoms with van der Waals surface area (Å²) in [6, 6.07) is 6.82. The Kier molecular flexibility index (Phi) is 4.41. The normalized spacial score (nSPS) is 21.6. The number of imide groups is 1. The summed E-state index contributed by atoms with van der Waals surface area (Å²) in [5.41, 5.74) is 1.74. The van der Waals surface area contributed by atoms with Crippen LogP contribution in [0.4, 0.5) is 10.5 Å². The SMILES string of the molecule is C=C(C)CN1C(=O)C2C(=NC3=[N+]2CCCN3c2ccc(OC)cc2)N(C)C1=O. The molecule has 3 aliphatic rings. The highest BCUT2D eigenvalue weighted by molar-refractivity contribution is 6.24. The molecular weight excluding hydrogens is 358 g/mol. The molecule has 0 saturated carbocycles. The van der Waals surface area contributed by atoms with Crippen LogP contribution >= 0.6 is 0 Å². The summed E-state index contributed by atoms with van der Waals surface area (Å²) in [5.74, 6) is 1.74. The standard InChI is InChI=1S/C20H24N5O3/c1-13(2)12-25-18(26)16-17(22(3)20(25)27)21-19-23(10-5-11-24(16)19)14-6-8-15(28-4)9-7-14/h6-9,16H,1,5,10-12H2,2-4H3/q+1. The van der Waals surface area contributed by atoms with Gasteiger partial charge in [0, 0.05) is 13.5 Å². The molecule has 146 valence electrons. The van der Waals surface area contributed by atoms with Crippen molar-refractivity contribution in [3.8, 4) is 5.75 Å². The monoisotopic (exact) mass is 382 g/mol. The van der Waals surface area contributed by atoms with Crippen LogP contribution in [0.1, 0.15) is 13.3 Å². The summed E-state index contributed by atoms with van der Waals surface area (Å²) in [7, 11) is 3.30. The van der Waals surface area contributed by atoms with Crippen molar-refractivity contribution in [2.45, 2.75) is 19.4 Å². The number of methoxy groups -OCH3 is 1. The zero-order valence-corrected chi connectivity index (χ0v) is 16.4. The van der Waals surface area contributed by atoms with Crippen molar-refractivity contribution < 1.29 is 18.9 Å². The Labute approximate surface area is 164 Å². The number of amidine groups is 1. The smallest absolute Gasteiger partial charge is 0.397 e. The van der Waals surface area contributed by atoms with E-state index in [9.17, 15) is 9.59 Å². The van der Waals surface area contributed by atoms with Crippen LogP contribution in [0.15, 0.2) is 41.4 Å². The number of hydrogen-bond donors (Lipinski definition) is 0. The molecule has 3 amide bonds. The van der Waals surface area contributed by atoms with Gasteiger partial charge in [-0.25, -0.2) is 14.3 Å². The Morgan fingerprint density at radius 3 is 2.68 bits per heavy atom. The van der Waals surface area contributed by atoms with Gasteiger partial charge in [-0.15, -0.1) is 0 Å². The number of benzene rings is 1. The minimum atomic E-state index is -0.571. The van der Waals surface area contributed by atoms with Gasteiger partial charge in [-0.2, -0.15) is 0 Å². The lowest BCUT2D eigenvalue weighted by Gasteiger charge is -2.34. The Bertz CT molecular complexity index is 918. The molecule has 1 saturated heterocycles. The summed E-state index contributed by atoms with van der Waals surface area (Å²) in [4.78, 5) is 35.4. The number of fused-ring (bicyclic) bond motifs is 2. The molecule has 0 spiro atoms. The fourth-order valence-corrected chi connectivity index (χ4v) is 3.87. The second kappa shape index (κ2) is 6.78. The Morgan fingerprint density at radius 1 is 1.32 bits per heavy atom. The van der Waals surface area contributed by atoms with Crippen molar-refractivity contribution in [1.82, 2.24) is 9.80 Å². The second-order valence-electron chi connectivity index (χ2n) is 7.29. The van der Waals surface area contributed by atoms with Crippen molar-refractivity contribution in [3.05, 3.63) is 36.4 Å². The van der Waals surface area contributed by atoms with Gasteiger partial charge in [0.25, 0.3) is 5.91 Å². The van der Waals surface area contributed by atoms with Crippen LogP contribution in [0.25, 0.3) is 0 Å². The van der Waals surface area contributed by atoms with Crippen LogP contribution in [0, 0.1) is 0 Å². The Hall–Kier alpha value is -3.16. The molecule has 1 fully saturated rings. The third-order valence-corrected chi connectivity index (χ3v) is 5.22. The molecular formula is C20H24N5O3+. The van der Waals surface area contributed by atoms with Crippen LogP contribution in [0.2, 0.25) is 0 Å². The first kappa shape index (κ1) is 18.2. The summed E-state index contributed by atoms with van der Waals surface area (Å²) >= 11 is 0. The predicted molar refractivity (Wildman–Crippen MR) is 106 cm³/mol. The Balaban J connectivity index is 1.73. The minimum absolute atomic E-state index is 0.219. The number of guanidine groups is 1. The molecule has 0 radical (unpaired) electrons. The Morgan fingerprint density at radius 2 is 2.04 bits per heavy atom. The maximum Gasteiger partial charge on any atom is 0.397 e. The lowest BCUT2D eigenvalue weighted by molar-refractivity contribution is -0.539. The first-order chi connectivity index (χ1) is 13.4. The fourth-order valence-electron chi connectivity index (χ4n) is 3.87. The van der Waals surface area contributed by atoms with Crippen molar-refractivity contribution in [2.24, 2.45) is 4.99 Å². The first-order valence-electron chi connectivity index (χ1n) is 9.29. The van der Waals surface area contributed by atoms with E-state index in [0.29, 0.717) is 18.3 Å². The van der Waals surface area contributed by atoms with Crippen molar-refractivity contribution in [2.75, 3.05) is 38.7 Å². The molecule has 1 aromatic rings. The number of rotatable bonds is 4. The molecule has 1 unspecified atom stereocenters. The van der Waals surface area contributed by atoms with Crippen LogP contribution in [-0.4, -0.2) is 77.9 Å². The van der Waals surface area contributed by atoms with E-state index in [4.69, 9.17) is 9.73 Å². The number of carbonyl (C=O) groups is 2. The number of carbonyl (C=O) groups excluding carboxylic acids is 2. The lowest BCUT2D eigenvalue weighted by Crippen LogP contribution is -2.63. The number of aliphatic imine (C=N–C) groups is 1. The van der Waals surface area contributed by atoms with Gasteiger partial charge < -0.3 is 4.74 Å². The van der Waals surface area contributed by atoms with Gasteiger partial charge >= 0.3 is 12.0 Å². The van der Waals surface area contributed by atoms with Gasteiger partial charge in [-0.3, -0.25) is 14.6 Å². The number of hydrogen-bond acceptors (Lipinski definition) is 5. The molecule has 1 atom stereocenters. The van der Waals surface area contributed by atoms with Gasteiger partial charge in [0.05, 0.1) is 26.7 Å². The zero-order valence-electron chi connectivity index (χ0n) is 16.4. The molecule has 0 aliphatic carbocycles. The summed E-state index contributed by atoms with van der Waals surface area (Å²) in [5, 5.41) is 0. The zero-order chi connectivity index (χ0) is 20.0. The van der Waals surface area contributed by atoms with Crippen molar-refractivity contribution in [3.63, 3.8) is 0 Å². The van der Waals surface area contributed by atoms with Crippen molar-refractivity contribution in [1.29, 1.82) is 0 Å². The second-order valence-corrected chi connectivity index (χ2v) is 7.29. The number of ether oxygens (including phenoxy) is 1. The molecule has 0 bridgehead atoms. The van der Waals surface area contributed by atoms with Gasteiger partial charge in [0.15, 0.2) is 0 Å². The number of anilines is 1. The summed E-state index contributed by atoms with van der Waals surface area (Å²) < 4.78 is 7.24. The molecule has 3 heterocycles. The largest absolute Gasteiger partial charge is 0.497 e. The van der Waals surface area contributed by atoms with E-state index >= 15 is 0 Å². The molecule has 3 aliphatic heterocycles. The topological polar surface area (TPSA) is 68.5 Å². The highest BCUT2D eigenvalue weighted by Crippen LogP contribution is 2.27. The molecule has 28 heavy (non-hydrogen) atoms. The molecule has 8 heteroatoms. The molecule has 8 nitrogen and oxygen atoms in total. The third-order valence-electron chi connectivity index (χ3n) is 5.22. The van der Waals surface area contributed by atoms with E-state index in [1.54, 1.807) is 14.2 Å². The number of urea groups is 1. The van der Waals surface area contributed by atoms with E-state index in [1.807, 2.05) is 35.8 Å². The number of nitrogens with zero attached hydrogens (tertiary/aromatic N) is 5. The van der Waals surface area contributed by atoms with Gasteiger partial charge in [-0.1, -0.05) is 17.1 Å². The van der Waals surface area contributed by atoms with E-state index in [1.165, 1.54) is 9.80 Å². The molecule has 0 aromatic heterocycles. The van der Waals surface area contributed by atoms with E-state index in [2.05, 4.69) is 11.5 Å². The lowest BCUT2D eigenvalue weighted by atomic mass is 10.1. The molecule has 4 rings (SSSR count). The molecule has 0 N–H and O–H groups in total. The van der Waals surface area contributed by atoms with Crippen LogP contribution in [0.3, 0.4) is 0 Å². The maximum absolute atomic E-state index is 13.1. The van der Waals surface area contributed by atoms with E-state index in [0.717, 1.165) is 30.0 Å². The summed E-state index contributed by atoms with van der Waals surface area (Å²) in [6.45, 7) is 7.38. The fraction of sp³-hybridized carbons (Fsp3) is 0.400. The summed E-state index contributed by atoms with van der Waals surface area (Å²) in [6.07, 6.45) is 0.889. The number of amides is 3. The van der Waals surface area contributed by atoms with Crippen LogP contribution < -0.4 is 9.64 Å². The minimum Gasteiger partial charge on any atom is -0.497 e. The number of likely N-dealkylation sites (N-methyl/N-ethyl adjacent to an activating group) is 1. The predicted octanol–water partition coefficient (Wildman–Crippen LogP) is 1.52. The quantitative estimate of drug-likeness (QED) is 0.585. The first-order valence-corrected chi connectivity index (χ1v) is 9.29. The van der Waals surface area contributed by atoms with Gasteiger partial charge in [0.2, 0.25) is 11.9 Å². The van der Waals surface area contributed by atoms with Crippen molar-refractivity contribution >= 4 is 29.4 Å². The highest BCUT2D eigenvalue weighted by atomic mass is 16.5.